The zero-order valence-corrected chi connectivity index (χ0v) is 13.5. The van der Waals surface area contributed by atoms with E-state index in [1.807, 2.05) is 13.8 Å². The maximum absolute atomic E-state index is 13.5. The zero-order chi connectivity index (χ0) is 17.0. The maximum Gasteiger partial charge on any atom is 0.312 e. The van der Waals surface area contributed by atoms with Crippen molar-refractivity contribution in [3.8, 4) is 0 Å². The molecule has 0 fully saturated rings. The number of primary amides is 1. The maximum atomic E-state index is 13.5. The van der Waals surface area contributed by atoms with Gasteiger partial charge in [-0.3, -0.25) is 4.79 Å². The van der Waals surface area contributed by atoms with E-state index in [9.17, 15) is 14.0 Å². The Morgan fingerprint density at radius 1 is 1.09 bits per heavy atom. The molecule has 2 atom stereocenters. The number of carbonyl (C=O) groups is 2. The van der Waals surface area contributed by atoms with Crippen molar-refractivity contribution in [3.63, 3.8) is 0 Å². The van der Waals surface area contributed by atoms with Crippen LogP contribution in [0.1, 0.15) is 20.8 Å². The second kappa shape index (κ2) is 12.3. The molecule has 2 unspecified atom stereocenters. The van der Waals surface area contributed by atoms with Crippen molar-refractivity contribution in [2.24, 2.45) is 11.7 Å². The average Bonchev–Trinajstić information content (AvgIpc) is 2.46. The summed E-state index contributed by atoms with van der Waals surface area (Å²) >= 11 is 0. The van der Waals surface area contributed by atoms with Crippen LogP contribution in [0.2, 0.25) is 0 Å². The monoisotopic (exact) mass is 322 g/mol. The topological polar surface area (TPSA) is 99.9 Å². The van der Waals surface area contributed by atoms with Gasteiger partial charge < -0.3 is 25.3 Å². The van der Waals surface area contributed by atoms with Crippen LogP contribution in [0.3, 0.4) is 0 Å². The van der Waals surface area contributed by atoms with Crippen LogP contribution in [-0.2, 0) is 19.0 Å². The van der Waals surface area contributed by atoms with Gasteiger partial charge >= 0.3 is 6.03 Å². The van der Waals surface area contributed by atoms with Gasteiger partial charge in [-0.15, -0.1) is 0 Å². The lowest BCUT2D eigenvalue weighted by molar-refractivity contribution is -0.127. The number of rotatable bonds is 13. The van der Waals surface area contributed by atoms with Crippen LogP contribution < -0.4 is 11.1 Å². The minimum Gasteiger partial charge on any atom is -0.377 e. The fourth-order valence-corrected chi connectivity index (χ4v) is 1.32. The number of Topliss-reactive ketones (excluding diaryl/α,β-unsaturated/α-hetero) is 1. The highest BCUT2D eigenvalue weighted by atomic mass is 19.1. The van der Waals surface area contributed by atoms with E-state index in [4.69, 9.17) is 19.9 Å². The molecule has 0 spiro atoms. The van der Waals surface area contributed by atoms with Crippen LogP contribution in [0.4, 0.5) is 9.18 Å². The Morgan fingerprint density at radius 2 is 1.68 bits per heavy atom. The number of nitrogens with two attached hydrogens (primary N) is 1. The molecule has 3 N–H and O–H groups in total. The van der Waals surface area contributed by atoms with E-state index < -0.39 is 18.3 Å². The van der Waals surface area contributed by atoms with Crippen molar-refractivity contribution < 1.29 is 28.2 Å². The Bertz CT molecular complexity index is 328. The number of urea groups is 1. The molecule has 2 amide bonds. The predicted octanol–water partition coefficient (Wildman–Crippen LogP) is 0.656. The molecule has 0 aliphatic rings. The van der Waals surface area contributed by atoms with Gasteiger partial charge in [-0.25, -0.2) is 9.18 Å². The number of hydrogen-bond acceptors (Lipinski definition) is 5. The van der Waals surface area contributed by atoms with E-state index >= 15 is 0 Å². The molecule has 22 heavy (non-hydrogen) atoms. The number of ketones is 1. The summed E-state index contributed by atoms with van der Waals surface area (Å²) in [6.07, 6.45) is -2.01. The summed E-state index contributed by atoms with van der Waals surface area (Å²) in [6, 6.07) is -0.769. The Balaban J connectivity index is 3.45. The van der Waals surface area contributed by atoms with E-state index in [2.05, 4.69) is 5.32 Å². The molecule has 0 aliphatic carbocycles. The third-order valence-corrected chi connectivity index (χ3v) is 2.85. The summed E-state index contributed by atoms with van der Waals surface area (Å²) < 4.78 is 29.1. The first-order valence-corrected chi connectivity index (χ1v) is 7.31. The molecule has 8 heteroatoms. The van der Waals surface area contributed by atoms with E-state index in [-0.39, 0.29) is 31.5 Å². The molecule has 0 saturated heterocycles. The number of carbonyl (C=O) groups excluding carboxylic acids is 2. The van der Waals surface area contributed by atoms with Gasteiger partial charge in [0.25, 0.3) is 0 Å². The van der Waals surface area contributed by atoms with E-state index in [1.54, 1.807) is 6.92 Å². The summed E-state index contributed by atoms with van der Waals surface area (Å²) in [5.41, 5.74) is 4.85. The molecule has 0 aromatic rings. The van der Waals surface area contributed by atoms with Crippen molar-refractivity contribution in [3.05, 3.63) is 0 Å². The second-order valence-corrected chi connectivity index (χ2v) is 5.12. The summed E-state index contributed by atoms with van der Waals surface area (Å²) in [4.78, 5) is 21.7. The first-order chi connectivity index (χ1) is 10.3. The van der Waals surface area contributed by atoms with Gasteiger partial charge in [0.15, 0.2) is 5.78 Å². The smallest absolute Gasteiger partial charge is 0.312 e. The van der Waals surface area contributed by atoms with Crippen molar-refractivity contribution in [1.82, 2.24) is 5.32 Å². The van der Waals surface area contributed by atoms with E-state index in [0.29, 0.717) is 19.8 Å². The van der Waals surface area contributed by atoms with Crippen molar-refractivity contribution in [1.29, 1.82) is 0 Å². The van der Waals surface area contributed by atoms with Crippen molar-refractivity contribution in [2.45, 2.75) is 33.0 Å². The molecule has 0 saturated carbocycles. The molecular weight excluding hydrogens is 295 g/mol. The molecule has 0 aromatic carbocycles. The highest BCUT2D eigenvalue weighted by molar-refractivity contribution is 5.81. The van der Waals surface area contributed by atoms with Crippen LogP contribution in [0.15, 0.2) is 0 Å². The standard InChI is InChI=1S/C14H27FN2O5/c1-10(2)13(18)9-21-5-4-20-6-7-22-11(3)12(15)8-17-14(16)19/h10-12H,4-9H2,1-3H3,(H3,16,17,19). The first-order valence-electron chi connectivity index (χ1n) is 7.31. The molecule has 0 aliphatic heterocycles. The summed E-state index contributed by atoms with van der Waals surface area (Å²) in [6.45, 7) is 6.28. The van der Waals surface area contributed by atoms with Crippen molar-refractivity contribution >= 4 is 11.8 Å². The Kier molecular flexibility index (Phi) is 11.6. The SMILES string of the molecule is CC(C)C(=O)COCCOCCOC(C)C(F)CNC(N)=O. The predicted molar refractivity (Wildman–Crippen MR) is 79.4 cm³/mol. The molecule has 0 rings (SSSR count). The fourth-order valence-electron chi connectivity index (χ4n) is 1.32. The van der Waals surface area contributed by atoms with Crippen LogP contribution in [0, 0.1) is 5.92 Å². The van der Waals surface area contributed by atoms with Gasteiger partial charge in [-0.2, -0.15) is 0 Å². The number of hydrogen-bond donors (Lipinski definition) is 2. The number of amides is 2. The Morgan fingerprint density at radius 3 is 2.27 bits per heavy atom. The summed E-state index contributed by atoms with van der Waals surface area (Å²) in [5, 5.41) is 2.18. The minimum atomic E-state index is -1.34. The van der Waals surface area contributed by atoms with E-state index in [0.717, 1.165) is 0 Å². The van der Waals surface area contributed by atoms with Crippen LogP contribution >= 0.6 is 0 Å². The molecule has 0 radical (unpaired) electrons. The average molecular weight is 322 g/mol. The van der Waals surface area contributed by atoms with Gasteiger partial charge in [-0.05, 0) is 6.92 Å². The number of nitrogens with one attached hydrogen (secondary N) is 1. The molecular formula is C14H27FN2O5. The van der Waals surface area contributed by atoms with Gasteiger partial charge in [-0.1, -0.05) is 13.8 Å². The summed E-state index contributed by atoms with van der Waals surface area (Å²) in [7, 11) is 0. The minimum absolute atomic E-state index is 0.0338. The quantitative estimate of drug-likeness (QED) is 0.485. The molecule has 130 valence electrons. The Labute approximate surface area is 130 Å². The molecule has 7 nitrogen and oxygen atoms in total. The third-order valence-electron chi connectivity index (χ3n) is 2.85. The molecule has 0 bridgehead atoms. The largest absolute Gasteiger partial charge is 0.377 e. The zero-order valence-electron chi connectivity index (χ0n) is 13.5. The second-order valence-electron chi connectivity index (χ2n) is 5.12. The number of ether oxygens (including phenoxy) is 3. The van der Waals surface area contributed by atoms with Gasteiger partial charge in [0.1, 0.15) is 12.8 Å². The molecule has 0 heterocycles. The normalized spacial score (nSPS) is 13.9. The van der Waals surface area contributed by atoms with Crippen LogP contribution in [-0.4, -0.2) is 63.7 Å². The lowest BCUT2D eigenvalue weighted by atomic mass is 10.1. The Hall–Kier alpha value is -1.25. The highest BCUT2D eigenvalue weighted by Gasteiger charge is 2.17. The van der Waals surface area contributed by atoms with Crippen LogP contribution in [0.5, 0.6) is 0 Å². The van der Waals surface area contributed by atoms with Gasteiger partial charge in [0.2, 0.25) is 0 Å². The highest BCUT2D eigenvalue weighted by Crippen LogP contribution is 2.02. The number of halogens is 1. The van der Waals surface area contributed by atoms with Crippen LogP contribution in [0.25, 0.3) is 0 Å². The lowest BCUT2D eigenvalue weighted by Gasteiger charge is -2.17. The lowest BCUT2D eigenvalue weighted by Crippen LogP contribution is -2.39. The fraction of sp³-hybridized carbons (Fsp3) is 0.857. The van der Waals surface area contributed by atoms with E-state index in [1.165, 1.54) is 0 Å². The first kappa shape index (κ1) is 20.8. The van der Waals surface area contributed by atoms with Gasteiger partial charge in [0, 0.05) is 5.92 Å². The third kappa shape index (κ3) is 11.4. The molecule has 0 aromatic heterocycles. The summed E-state index contributed by atoms with van der Waals surface area (Å²) in [5.74, 6) is 0.0178. The van der Waals surface area contributed by atoms with Crippen molar-refractivity contribution in [2.75, 3.05) is 39.6 Å². The van der Waals surface area contributed by atoms with Gasteiger partial charge in [0.05, 0.1) is 39.1 Å². The number of alkyl halides is 1.